The highest BCUT2D eigenvalue weighted by atomic mass is 32.1. The molecule has 5 rings (SSSR count). The van der Waals surface area contributed by atoms with Crippen LogP contribution in [0.4, 0.5) is 11.4 Å². The molecule has 0 amide bonds. The highest BCUT2D eigenvalue weighted by molar-refractivity contribution is 7.80. The monoisotopic (exact) mass is 502 g/mol. The number of nitrogens with one attached hydrogen (secondary N) is 1. The van der Waals surface area contributed by atoms with Gasteiger partial charge < -0.3 is 24.1 Å². The number of nitrogens with zero attached hydrogens (tertiary/aromatic N) is 3. The molecule has 36 heavy (non-hydrogen) atoms. The van der Waals surface area contributed by atoms with Gasteiger partial charge in [-0.2, -0.15) is 0 Å². The fourth-order valence-corrected chi connectivity index (χ4v) is 4.64. The number of ether oxygens (including phenoxy) is 2. The number of nitro benzene ring substituents is 1. The number of furan rings is 1. The number of aromatic nitrogens is 1. The summed E-state index contributed by atoms with van der Waals surface area (Å²) in [5, 5.41) is 14.9. The van der Waals surface area contributed by atoms with Crippen molar-refractivity contribution in [1.82, 2.24) is 10.3 Å². The molecule has 0 spiro atoms. The molecule has 1 aliphatic heterocycles. The van der Waals surface area contributed by atoms with Crippen LogP contribution >= 0.6 is 12.2 Å². The lowest BCUT2D eigenvalue weighted by Gasteiger charge is -2.27. The molecule has 0 radical (unpaired) electrons. The molecule has 182 valence electrons. The highest BCUT2D eigenvalue weighted by Gasteiger charge is 2.43. The third-order valence-electron chi connectivity index (χ3n) is 6.02. The minimum absolute atomic E-state index is 0.0161. The number of hydrogen-bond donors (Lipinski definition) is 1. The van der Waals surface area contributed by atoms with E-state index in [9.17, 15) is 10.1 Å². The minimum atomic E-state index is -0.431. The molecule has 9 nitrogen and oxygen atoms in total. The first-order chi connectivity index (χ1) is 17.5. The molecule has 2 aromatic heterocycles. The first-order valence-electron chi connectivity index (χ1n) is 11.1. The van der Waals surface area contributed by atoms with Crippen LogP contribution in [-0.4, -0.2) is 29.2 Å². The number of anilines is 1. The van der Waals surface area contributed by atoms with E-state index in [2.05, 4.69) is 10.3 Å². The molecular weight excluding hydrogens is 480 g/mol. The van der Waals surface area contributed by atoms with Gasteiger partial charge in [-0.25, -0.2) is 0 Å². The first kappa shape index (κ1) is 23.3. The number of nitro groups is 1. The van der Waals surface area contributed by atoms with Crippen LogP contribution in [-0.2, 0) is 0 Å². The molecule has 0 unspecified atom stereocenters. The maximum atomic E-state index is 11.0. The van der Waals surface area contributed by atoms with Crippen LogP contribution in [0.5, 0.6) is 11.5 Å². The van der Waals surface area contributed by atoms with E-state index in [-0.39, 0.29) is 11.7 Å². The second-order valence-electron chi connectivity index (χ2n) is 8.04. The van der Waals surface area contributed by atoms with Crippen LogP contribution in [0.3, 0.4) is 0 Å². The molecule has 0 saturated carbocycles. The van der Waals surface area contributed by atoms with E-state index in [4.69, 9.17) is 26.1 Å². The predicted molar refractivity (Wildman–Crippen MR) is 138 cm³/mol. The van der Waals surface area contributed by atoms with E-state index in [1.54, 1.807) is 32.5 Å². The summed E-state index contributed by atoms with van der Waals surface area (Å²) in [6.07, 6.45) is 1.73. The standard InChI is InChI=1S/C26H22N4O5S/c1-33-18-10-11-22(34-2)20(15-18)29-25(24(28-26(29)36)19-5-3-4-14-27-19)23-13-12-21(35-23)16-6-8-17(9-7-16)30(31)32/h3-15,24-25H,1-2H3,(H,28,36)/t24-,25-/m0/s1. The van der Waals surface area contributed by atoms with Crippen LogP contribution in [0.25, 0.3) is 11.3 Å². The number of methoxy groups -OCH3 is 2. The molecule has 1 N–H and O–H groups in total. The molecule has 1 saturated heterocycles. The number of thiocarbonyl (C=S) groups is 1. The summed E-state index contributed by atoms with van der Waals surface area (Å²) in [6.45, 7) is 0. The lowest BCUT2D eigenvalue weighted by Crippen LogP contribution is -2.29. The Morgan fingerprint density at radius 3 is 2.53 bits per heavy atom. The smallest absolute Gasteiger partial charge is 0.269 e. The van der Waals surface area contributed by atoms with Gasteiger partial charge in [-0.15, -0.1) is 0 Å². The van der Waals surface area contributed by atoms with Gasteiger partial charge in [0.2, 0.25) is 0 Å². The SMILES string of the molecule is COc1ccc(OC)c(N2C(=S)N[C@@H](c3ccccn3)[C@@H]2c2ccc(-c3ccc([N+](=O)[O-])cc3)o2)c1. The van der Waals surface area contributed by atoms with E-state index in [1.165, 1.54) is 12.1 Å². The fraction of sp³-hybridized carbons (Fsp3) is 0.154. The van der Waals surface area contributed by atoms with Crippen molar-refractivity contribution in [2.75, 3.05) is 19.1 Å². The van der Waals surface area contributed by atoms with Crippen molar-refractivity contribution >= 4 is 28.7 Å². The summed E-state index contributed by atoms with van der Waals surface area (Å²) >= 11 is 5.79. The summed E-state index contributed by atoms with van der Waals surface area (Å²) in [6, 6.07) is 20.5. The zero-order valence-electron chi connectivity index (χ0n) is 19.5. The van der Waals surface area contributed by atoms with Gasteiger partial charge in [-0.05, 0) is 60.7 Å². The Morgan fingerprint density at radius 1 is 1.06 bits per heavy atom. The molecule has 3 heterocycles. The third kappa shape index (κ3) is 4.22. The summed E-state index contributed by atoms with van der Waals surface area (Å²) in [5.41, 5.74) is 2.25. The fourth-order valence-electron chi connectivity index (χ4n) is 4.30. The largest absolute Gasteiger partial charge is 0.497 e. The van der Waals surface area contributed by atoms with Gasteiger partial charge in [0.05, 0.1) is 36.6 Å². The number of rotatable bonds is 7. The Hall–Kier alpha value is -4.44. The van der Waals surface area contributed by atoms with Crippen molar-refractivity contribution in [2.45, 2.75) is 12.1 Å². The van der Waals surface area contributed by atoms with E-state index >= 15 is 0 Å². The lowest BCUT2D eigenvalue weighted by molar-refractivity contribution is -0.384. The topological polar surface area (TPSA) is 103 Å². The van der Waals surface area contributed by atoms with Crippen molar-refractivity contribution in [3.8, 4) is 22.8 Å². The Kier molecular flexibility index (Phi) is 6.26. The Balaban J connectivity index is 1.61. The van der Waals surface area contributed by atoms with Crippen molar-refractivity contribution in [3.05, 3.63) is 101 Å². The summed E-state index contributed by atoms with van der Waals surface area (Å²) in [7, 11) is 3.20. The van der Waals surface area contributed by atoms with Gasteiger partial charge in [-0.1, -0.05) is 6.07 Å². The number of pyridine rings is 1. The average molecular weight is 503 g/mol. The highest BCUT2D eigenvalue weighted by Crippen LogP contribution is 2.46. The maximum absolute atomic E-state index is 11.0. The second-order valence-corrected chi connectivity index (χ2v) is 8.43. The third-order valence-corrected chi connectivity index (χ3v) is 6.34. The molecule has 4 aromatic rings. The van der Waals surface area contributed by atoms with Gasteiger partial charge in [0.25, 0.3) is 5.69 Å². The molecule has 0 aliphatic carbocycles. The molecule has 0 bridgehead atoms. The van der Waals surface area contributed by atoms with Crippen LogP contribution < -0.4 is 19.7 Å². The summed E-state index contributed by atoms with van der Waals surface area (Å²) in [5.74, 6) is 2.49. The Morgan fingerprint density at radius 2 is 1.86 bits per heavy atom. The van der Waals surface area contributed by atoms with Crippen molar-refractivity contribution in [2.24, 2.45) is 0 Å². The van der Waals surface area contributed by atoms with Gasteiger partial charge >= 0.3 is 0 Å². The van der Waals surface area contributed by atoms with Crippen LogP contribution in [0.2, 0.25) is 0 Å². The van der Waals surface area contributed by atoms with E-state index in [0.717, 1.165) is 11.3 Å². The van der Waals surface area contributed by atoms with E-state index in [0.29, 0.717) is 33.8 Å². The zero-order valence-corrected chi connectivity index (χ0v) is 20.3. The average Bonchev–Trinajstić information content (AvgIpc) is 3.53. The van der Waals surface area contributed by atoms with Gasteiger partial charge in [0.1, 0.15) is 29.1 Å². The van der Waals surface area contributed by atoms with Crippen molar-refractivity contribution in [1.29, 1.82) is 0 Å². The minimum Gasteiger partial charge on any atom is -0.497 e. The second kappa shape index (κ2) is 9.67. The number of non-ortho nitro benzene ring substituents is 1. The Labute approximate surface area is 212 Å². The molecule has 1 fully saturated rings. The van der Waals surface area contributed by atoms with Gasteiger partial charge in [-0.3, -0.25) is 15.1 Å². The molecule has 2 aromatic carbocycles. The molecular formula is C26H22N4O5S. The zero-order chi connectivity index (χ0) is 25.2. The lowest BCUT2D eigenvalue weighted by atomic mass is 10.0. The molecule has 10 heteroatoms. The Bertz CT molecular complexity index is 1410. The van der Waals surface area contributed by atoms with Gasteiger partial charge in [0.15, 0.2) is 5.11 Å². The van der Waals surface area contributed by atoms with Crippen LogP contribution in [0, 0.1) is 10.1 Å². The van der Waals surface area contributed by atoms with Crippen molar-refractivity contribution in [3.63, 3.8) is 0 Å². The molecule has 1 aliphatic rings. The summed E-state index contributed by atoms with van der Waals surface area (Å²) in [4.78, 5) is 17.1. The number of benzene rings is 2. The normalized spacial score (nSPS) is 17.1. The van der Waals surface area contributed by atoms with Crippen molar-refractivity contribution < 1.29 is 18.8 Å². The summed E-state index contributed by atoms with van der Waals surface area (Å²) < 4.78 is 17.4. The van der Waals surface area contributed by atoms with Crippen LogP contribution in [0.15, 0.2) is 83.4 Å². The number of hydrogen-bond acceptors (Lipinski definition) is 7. The predicted octanol–water partition coefficient (Wildman–Crippen LogP) is 5.44. The first-order valence-corrected chi connectivity index (χ1v) is 11.5. The quantitative estimate of drug-likeness (QED) is 0.201. The van der Waals surface area contributed by atoms with Crippen LogP contribution in [0.1, 0.15) is 23.5 Å². The van der Waals surface area contributed by atoms with E-state index < -0.39 is 11.0 Å². The van der Waals surface area contributed by atoms with E-state index in [1.807, 2.05) is 53.4 Å². The maximum Gasteiger partial charge on any atom is 0.269 e. The van der Waals surface area contributed by atoms with Gasteiger partial charge in [0, 0.05) is 30.0 Å². The molecule has 2 atom stereocenters.